The summed E-state index contributed by atoms with van der Waals surface area (Å²) in [5, 5.41) is 24.7. The van der Waals surface area contributed by atoms with Gasteiger partial charge in [-0.3, -0.25) is 4.98 Å². The van der Waals surface area contributed by atoms with E-state index < -0.39 is 0 Å². The molecule has 5 aromatic rings. The summed E-state index contributed by atoms with van der Waals surface area (Å²) in [5.74, 6) is 0. The Morgan fingerprint density at radius 2 is 1.83 bits per heavy atom. The summed E-state index contributed by atoms with van der Waals surface area (Å²) in [6.07, 6.45) is 3.40. The SMILES string of the molecule is CC(Nc1c(C#N)cnc2ccc(-c3cnc4[nH]nnc4c3)cc12)c1ccccc1. The van der Waals surface area contributed by atoms with Crippen LogP contribution in [0.1, 0.15) is 24.1 Å². The van der Waals surface area contributed by atoms with E-state index in [1.54, 1.807) is 12.4 Å². The second-order valence-electron chi connectivity index (χ2n) is 7.07. The Balaban J connectivity index is 1.63. The Morgan fingerprint density at radius 3 is 2.67 bits per heavy atom. The number of nitrogens with one attached hydrogen (secondary N) is 2. The highest BCUT2D eigenvalue weighted by atomic mass is 15.3. The fourth-order valence-electron chi connectivity index (χ4n) is 3.55. The van der Waals surface area contributed by atoms with Gasteiger partial charge in [-0.15, -0.1) is 5.10 Å². The van der Waals surface area contributed by atoms with Gasteiger partial charge in [0.25, 0.3) is 0 Å². The van der Waals surface area contributed by atoms with Gasteiger partial charge in [-0.2, -0.15) is 5.26 Å². The summed E-state index contributed by atoms with van der Waals surface area (Å²) in [4.78, 5) is 8.84. The molecule has 7 nitrogen and oxygen atoms in total. The topological polar surface area (TPSA) is 103 Å². The molecule has 144 valence electrons. The van der Waals surface area contributed by atoms with E-state index in [4.69, 9.17) is 0 Å². The van der Waals surface area contributed by atoms with Crippen LogP contribution in [0, 0.1) is 11.3 Å². The zero-order valence-corrected chi connectivity index (χ0v) is 16.2. The number of hydrogen-bond donors (Lipinski definition) is 2. The molecule has 7 heteroatoms. The molecular formula is C23H17N7. The van der Waals surface area contributed by atoms with Crippen molar-refractivity contribution in [2.75, 3.05) is 5.32 Å². The van der Waals surface area contributed by atoms with Gasteiger partial charge >= 0.3 is 0 Å². The maximum absolute atomic E-state index is 9.68. The highest BCUT2D eigenvalue weighted by Crippen LogP contribution is 2.33. The molecule has 0 spiro atoms. The highest BCUT2D eigenvalue weighted by molar-refractivity contribution is 5.97. The fraction of sp³-hybridized carbons (Fsp3) is 0.0870. The van der Waals surface area contributed by atoms with E-state index in [9.17, 15) is 5.26 Å². The quantitative estimate of drug-likeness (QED) is 0.464. The smallest absolute Gasteiger partial charge is 0.175 e. The van der Waals surface area contributed by atoms with Crippen LogP contribution in [0.2, 0.25) is 0 Å². The van der Waals surface area contributed by atoms with Gasteiger partial charge in [0, 0.05) is 29.4 Å². The molecule has 5 rings (SSSR count). The van der Waals surface area contributed by atoms with Gasteiger partial charge in [-0.05, 0) is 36.2 Å². The van der Waals surface area contributed by atoms with Gasteiger partial charge in [-0.25, -0.2) is 10.1 Å². The van der Waals surface area contributed by atoms with E-state index in [1.807, 2.05) is 42.5 Å². The number of rotatable bonds is 4. The van der Waals surface area contributed by atoms with Crippen molar-refractivity contribution in [3.05, 3.63) is 78.1 Å². The normalized spacial score (nSPS) is 12.0. The molecule has 1 unspecified atom stereocenters. The lowest BCUT2D eigenvalue weighted by molar-refractivity contribution is 0.885. The predicted octanol–water partition coefficient (Wildman–Crippen LogP) is 4.61. The highest BCUT2D eigenvalue weighted by Gasteiger charge is 2.14. The number of nitriles is 1. The number of hydrogen-bond acceptors (Lipinski definition) is 6. The molecular weight excluding hydrogens is 374 g/mol. The number of benzene rings is 2. The maximum Gasteiger partial charge on any atom is 0.175 e. The molecule has 0 aliphatic carbocycles. The van der Waals surface area contributed by atoms with Crippen molar-refractivity contribution in [2.24, 2.45) is 0 Å². The largest absolute Gasteiger partial charge is 0.377 e. The van der Waals surface area contributed by atoms with Crippen molar-refractivity contribution in [1.29, 1.82) is 5.26 Å². The second-order valence-corrected chi connectivity index (χ2v) is 7.07. The van der Waals surface area contributed by atoms with Gasteiger partial charge in [0.1, 0.15) is 11.6 Å². The average molecular weight is 391 g/mol. The molecule has 0 radical (unpaired) electrons. The first-order valence-electron chi connectivity index (χ1n) is 9.54. The minimum absolute atomic E-state index is 0.0284. The van der Waals surface area contributed by atoms with Gasteiger partial charge in [0.2, 0.25) is 0 Å². The first kappa shape index (κ1) is 17.8. The fourth-order valence-corrected chi connectivity index (χ4v) is 3.55. The lowest BCUT2D eigenvalue weighted by atomic mass is 10.0. The number of aromatic amines is 1. The third-order valence-electron chi connectivity index (χ3n) is 5.16. The predicted molar refractivity (Wildman–Crippen MR) is 116 cm³/mol. The van der Waals surface area contributed by atoms with Crippen molar-refractivity contribution in [1.82, 2.24) is 25.4 Å². The molecule has 3 aromatic heterocycles. The minimum Gasteiger partial charge on any atom is -0.377 e. The molecule has 0 bridgehead atoms. The summed E-state index contributed by atoms with van der Waals surface area (Å²) in [7, 11) is 0. The standard InChI is InChI=1S/C23H17N7/c1-14(15-5-3-2-4-6-15)27-22-18(11-24)13-25-20-8-7-16(9-19(20)22)17-10-21-23(26-12-17)29-30-28-21/h2-10,12-14H,1H3,(H,25,27)(H,26,28,29,30). The van der Waals surface area contributed by atoms with E-state index in [1.165, 1.54) is 0 Å². The molecule has 0 saturated carbocycles. The van der Waals surface area contributed by atoms with Crippen LogP contribution in [-0.4, -0.2) is 25.4 Å². The number of nitrogens with zero attached hydrogens (tertiary/aromatic N) is 5. The number of H-pyrrole nitrogens is 1. The van der Waals surface area contributed by atoms with Crippen molar-refractivity contribution in [3.63, 3.8) is 0 Å². The van der Waals surface area contributed by atoms with Crippen LogP contribution in [0.4, 0.5) is 5.69 Å². The Morgan fingerprint density at radius 1 is 0.967 bits per heavy atom. The van der Waals surface area contributed by atoms with Gasteiger partial charge in [0.05, 0.1) is 16.8 Å². The molecule has 0 saturated heterocycles. The third kappa shape index (κ3) is 3.10. The monoisotopic (exact) mass is 391 g/mol. The Labute approximate surface area is 172 Å². The lowest BCUT2D eigenvalue weighted by Crippen LogP contribution is -2.08. The molecule has 0 amide bonds. The van der Waals surface area contributed by atoms with Crippen LogP contribution < -0.4 is 5.32 Å². The number of fused-ring (bicyclic) bond motifs is 2. The molecule has 0 aliphatic rings. The summed E-state index contributed by atoms with van der Waals surface area (Å²) in [6.45, 7) is 2.08. The van der Waals surface area contributed by atoms with Crippen LogP contribution >= 0.6 is 0 Å². The molecule has 1 atom stereocenters. The molecule has 3 heterocycles. The minimum atomic E-state index is 0.0284. The van der Waals surface area contributed by atoms with Crippen molar-refractivity contribution >= 4 is 27.8 Å². The number of anilines is 1. The van der Waals surface area contributed by atoms with Gasteiger partial charge in [0.15, 0.2) is 5.65 Å². The second kappa shape index (κ2) is 7.26. The summed E-state index contributed by atoms with van der Waals surface area (Å²) >= 11 is 0. The summed E-state index contributed by atoms with van der Waals surface area (Å²) in [6, 6.07) is 20.4. The molecule has 0 fully saturated rings. The van der Waals surface area contributed by atoms with Crippen molar-refractivity contribution in [2.45, 2.75) is 13.0 Å². The molecule has 2 N–H and O–H groups in total. The van der Waals surface area contributed by atoms with Gasteiger partial charge < -0.3 is 5.32 Å². The van der Waals surface area contributed by atoms with E-state index in [2.05, 4.69) is 55.8 Å². The zero-order chi connectivity index (χ0) is 20.5. The van der Waals surface area contributed by atoms with E-state index in [-0.39, 0.29) is 6.04 Å². The van der Waals surface area contributed by atoms with Crippen LogP contribution in [0.3, 0.4) is 0 Å². The first-order chi connectivity index (χ1) is 14.7. The molecule has 30 heavy (non-hydrogen) atoms. The number of pyridine rings is 2. The van der Waals surface area contributed by atoms with Crippen LogP contribution in [0.5, 0.6) is 0 Å². The maximum atomic E-state index is 9.68. The van der Waals surface area contributed by atoms with Crippen LogP contribution in [0.15, 0.2) is 67.0 Å². The van der Waals surface area contributed by atoms with E-state index >= 15 is 0 Å². The Kier molecular flexibility index (Phi) is 4.30. The molecule has 0 aliphatic heterocycles. The summed E-state index contributed by atoms with van der Waals surface area (Å²) < 4.78 is 0. The van der Waals surface area contributed by atoms with Crippen LogP contribution in [-0.2, 0) is 0 Å². The lowest BCUT2D eigenvalue weighted by Gasteiger charge is -2.18. The Hall–Kier alpha value is -4.31. The Bertz CT molecular complexity index is 1400. The van der Waals surface area contributed by atoms with E-state index in [0.29, 0.717) is 16.7 Å². The van der Waals surface area contributed by atoms with Gasteiger partial charge in [-0.1, -0.05) is 41.6 Å². The van der Waals surface area contributed by atoms with E-state index in [0.717, 1.165) is 33.3 Å². The van der Waals surface area contributed by atoms with Crippen LogP contribution in [0.25, 0.3) is 33.2 Å². The van der Waals surface area contributed by atoms with Crippen molar-refractivity contribution < 1.29 is 0 Å². The first-order valence-corrected chi connectivity index (χ1v) is 9.54. The average Bonchev–Trinajstić information content (AvgIpc) is 3.27. The third-order valence-corrected chi connectivity index (χ3v) is 5.16. The molecule has 2 aromatic carbocycles. The van der Waals surface area contributed by atoms with Crippen molar-refractivity contribution in [3.8, 4) is 17.2 Å². The summed E-state index contributed by atoms with van der Waals surface area (Å²) in [5.41, 5.74) is 6.47. The number of aromatic nitrogens is 5. The zero-order valence-electron chi connectivity index (χ0n) is 16.2.